The monoisotopic (exact) mass is 399 g/mol. The van der Waals surface area contributed by atoms with Crippen LogP contribution in [0, 0.1) is 0 Å². The molecule has 1 aromatic carbocycles. The zero-order valence-corrected chi connectivity index (χ0v) is 15.7. The minimum atomic E-state index is -1.13. The first kappa shape index (κ1) is 19.4. The molecule has 0 aliphatic carbocycles. The molecule has 0 atom stereocenters. The van der Waals surface area contributed by atoms with E-state index in [9.17, 15) is 14.7 Å². The molecule has 0 fully saturated rings. The predicted octanol–water partition coefficient (Wildman–Crippen LogP) is 3.93. The van der Waals surface area contributed by atoms with E-state index >= 15 is 0 Å². The number of aromatic carboxylic acids is 1. The van der Waals surface area contributed by atoms with Crippen LogP contribution in [0.1, 0.15) is 35.3 Å². The number of nitrogens with one attached hydrogen (secondary N) is 1. The van der Waals surface area contributed by atoms with Crippen molar-refractivity contribution in [3.63, 3.8) is 0 Å². The molecular weight excluding hydrogens is 382 g/mol. The Morgan fingerprint density at radius 1 is 1.25 bits per heavy atom. The standard InChI is InChI=1S/C19H17N3O5S/c1-2-4-16-20-19(22-21-16)28-15(18(25)26)10-13-7-8-14(27-13)11-5-3-6-12(9-11)17(23)24/h3,5-10H,2,4H2,1H3,(H,23,24)(H,25,26)(H,20,21,22)/b15-10+. The number of benzene rings is 1. The predicted molar refractivity (Wildman–Crippen MR) is 103 cm³/mol. The van der Waals surface area contributed by atoms with Crippen LogP contribution in [0.4, 0.5) is 0 Å². The average Bonchev–Trinajstić information content (AvgIpc) is 3.31. The number of carboxylic acid groups (broad SMARTS) is 2. The average molecular weight is 399 g/mol. The second kappa shape index (κ2) is 8.57. The molecule has 3 N–H and O–H groups in total. The third kappa shape index (κ3) is 4.68. The summed E-state index contributed by atoms with van der Waals surface area (Å²) in [6.45, 7) is 2.01. The Morgan fingerprint density at radius 2 is 2.07 bits per heavy atom. The molecule has 3 rings (SSSR count). The lowest BCUT2D eigenvalue weighted by Gasteiger charge is -2.00. The Morgan fingerprint density at radius 3 is 2.79 bits per heavy atom. The topological polar surface area (TPSA) is 129 Å². The van der Waals surface area contributed by atoms with Gasteiger partial charge in [-0.05, 0) is 42.4 Å². The first-order chi connectivity index (χ1) is 13.5. The quantitative estimate of drug-likeness (QED) is 0.384. The lowest BCUT2D eigenvalue weighted by molar-refractivity contribution is -0.131. The number of furan rings is 1. The van der Waals surface area contributed by atoms with E-state index < -0.39 is 11.9 Å². The maximum Gasteiger partial charge on any atom is 0.342 e. The maximum absolute atomic E-state index is 11.6. The molecule has 0 aliphatic heterocycles. The molecular formula is C19H17N3O5S. The SMILES string of the molecule is CCCc1nc(S/C(=C/c2ccc(-c3cccc(C(=O)O)c3)o2)C(=O)O)n[nH]1. The summed E-state index contributed by atoms with van der Waals surface area (Å²) >= 11 is 0.920. The molecule has 144 valence electrons. The number of H-pyrrole nitrogens is 1. The van der Waals surface area contributed by atoms with Crippen LogP contribution in [-0.2, 0) is 11.2 Å². The van der Waals surface area contributed by atoms with Crippen molar-refractivity contribution in [2.24, 2.45) is 0 Å². The van der Waals surface area contributed by atoms with E-state index in [-0.39, 0.29) is 10.5 Å². The van der Waals surface area contributed by atoms with E-state index in [2.05, 4.69) is 15.2 Å². The van der Waals surface area contributed by atoms with Crippen molar-refractivity contribution >= 4 is 29.8 Å². The highest BCUT2D eigenvalue weighted by Gasteiger charge is 2.15. The highest BCUT2D eigenvalue weighted by molar-refractivity contribution is 8.04. The van der Waals surface area contributed by atoms with Crippen LogP contribution in [-0.4, -0.2) is 37.3 Å². The van der Waals surface area contributed by atoms with Crippen molar-refractivity contribution < 1.29 is 24.2 Å². The number of nitrogens with zero attached hydrogens (tertiary/aromatic N) is 2. The largest absolute Gasteiger partial charge is 0.478 e. The van der Waals surface area contributed by atoms with Gasteiger partial charge in [0.25, 0.3) is 0 Å². The summed E-state index contributed by atoms with van der Waals surface area (Å²) in [5.41, 5.74) is 0.725. The van der Waals surface area contributed by atoms with Gasteiger partial charge in [0, 0.05) is 18.1 Å². The number of aryl methyl sites for hydroxylation is 1. The molecule has 0 saturated carbocycles. The van der Waals surface area contributed by atoms with Crippen LogP contribution in [0.15, 0.2) is 50.9 Å². The van der Waals surface area contributed by atoms with E-state index in [0.717, 1.165) is 24.6 Å². The highest BCUT2D eigenvalue weighted by atomic mass is 32.2. The summed E-state index contributed by atoms with van der Waals surface area (Å²) in [5.74, 6) is -0.699. The summed E-state index contributed by atoms with van der Waals surface area (Å²) in [7, 11) is 0. The van der Waals surface area contributed by atoms with E-state index in [4.69, 9.17) is 9.52 Å². The van der Waals surface area contributed by atoms with Gasteiger partial charge in [0.1, 0.15) is 22.3 Å². The molecule has 0 unspecified atom stereocenters. The number of aromatic nitrogens is 3. The van der Waals surface area contributed by atoms with Crippen molar-refractivity contribution in [2.45, 2.75) is 24.9 Å². The summed E-state index contributed by atoms with van der Waals surface area (Å²) < 4.78 is 5.67. The molecule has 0 aliphatic rings. The molecule has 2 heterocycles. The maximum atomic E-state index is 11.6. The van der Waals surface area contributed by atoms with E-state index in [0.29, 0.717) is 28.1 Å². The van der Waals surface area contributed by atoms with Crippen molar-refractivity contribution in [3.05, 3.63) is 58.5 Å². The van der Waals surface area contributed by atoms with Gasteiger partial charge in [0.2, 0.25) is 5.16 Å². The number of aromatic amines is 1. The fraction of sp³-hybridized carbons (Fsp3) is 0.158. The summed E-state index contributed by atoms with van der Waals surface area (Å²) in [6.07, 6.45) is 3.02. The van der Waals surface area contributed by atoms with Gasteiger partial charge >= 0.3 is 11.9 Å². The van der Waals surface area contributed by atoms with Crippen molar-refractivity contribution in [2.75, 3.05) is 0 Å². The van der Waals surface area contributed by atoms with Crippen LogP contribution in [0.2, 0.25) is 0 Å². The van der Waals surface area contributed by atoms with Gasteiger partial charge in [0.15, 0.2) is 0 Å². The number of carbonyl (C=O) groups is 2. The van der Waals surface area contributed by atoms with E-state index in [1.54, 1.807) is 24.3 Å². The van der Waals surface area contributed by atoms with Gasteiger partial charge < -0.3 is 14.6 Å². The summed E-state index contributed by atoms with van der Waals surface area (Å²) in [4.78, 5) is 26.9. The second-order valence-corrected chi connectivity index (χ2v) is 6.83. The van der Waals surface area contributed by atoms with Crippen molar-refractivity contribution in [3.8, 4) is 11.3 Å². The molecule has 8 nitrogen and oxygen atoms in total. The van der Waals surface area contributed by atoms with Crippen LogP contribution < -0.4 is 0 Å². The van der Waals surface area contributed by atoms with Crippen LogP contribution >= 0.6 is 11.8 Å². The molecule has 0 radical (unpaired) electrons. The zero-order chi connectivity index (χ0) is 20.1. The normalized spacial score (nSPS) is 11.5. The van der Waals surface area contributed by atoms with E-state index in [1.165, 1.54) is 18.2 Å². The minimum absolute atomic E-state index is 0.00207. The van der Waals surface area contributed by atoms with Gasteiger partial charge in [-0.25, -0.2) is 14.6 Å². The third-order valence-corrected chi connectivity index (χ3v) is 4.58. The Bertz CT molecular complexity index is 1040. The fourth-order valence-corrected chi connectivity index (χ4v) is 3.13. The number of aliphatic carboxylic acids is 1. The van der Waals surface area contributed by atoms with Gasteiger partial charge in [-0.15, -0.1) is 5.10 Å². The molecule has 2 aromatic heterocycles. The highest BCUT2D eigenvalue weighted by Crippen LogP contribution is 2.29. The van der Waals surface area contributed by atoms with Crippen LogP contribution in [0.5, 0.6) is 0 Å². The first-order valence-electron chi connectivity index (χ1n) is 8.44. The first-order valence-corrected chi connectivity index (χ1v) is 9.25. The molecule has 9 heteroatoms. The van der Waals surface area contributed by atoms with Gasteiger partial charge in [-0.3, -0.25) is 5.10 Å². The summed E-state index contributed by atoms with van der Waals surface area (Å²) in [6, 6.07) is 9.58. The third-order valence-electron chi connectivity index (χ3n) is 3.70. The fourth-order valence-electron chi connectivity index (χ4n) is 2.43. The smallest absolute Gasteiger partial charge is 0.342 e. The van der Waals surface area contributed by atoms with E-state index in [1.807, 2.05) is 6.92 Å². The Kier molecular flexibility index (Phi) is 5.95. The molecule has 0 bridgehead atoms. The number of hydrogen-bond acceptors (Lipinski definition) is 6. The van der Waals surface area contributed by atoms with Gasteiger partial charge in [-0.1, -0.05) is 19.1 Å². The molecule has 3 aromatic rings. The Balaban J connectivity index is 1.83. The number of carboxylic acids is 2. The molecule has 0 saturated heterocycles. The molecule has 0 amide bonds. The Hall–Kier alpha value is -3.33. The Labute approximate surface area is 164 Å². The zero-order valence-electron chi connectivity index (χ0n) is 14.9. The van der Waals surface area contributed by atoms with Crippen molar-refractivity contribution in [1.29, 1.82) is 0 Å². The van der Waals surface area contributed by atoms with Crippen molar-refractivity contribution in [1.82, 2.24) is 15.2 Å². The second-order valence-electron chi connectivity index (χ2n) is 5.82. The molecule has 28 heavy (non-hydrogen) atoms. The number of rotatable bonds is 8. The number of thioether (sulfide) groups is 1. The number of hydrogen-bond donors (Lipinski definition) is 3. The van der Waals surface area contributed by atoms with Gasteiger partial charge in [-0.2, -0.15) is 0 Å². The lowest BCUT2D eigenvalue weighted by atomic mass is 10.1. The lowest BCUT2D eigenvalue weighted by Crippen LogP contribution is -1.97. The summed E-state index contributed by atoms with van der Waals surface area (Å²) in [5, 5.41) is 25.7. The minimum Gasteiger partial charge on any atom is -0.478 e. The van der Waals surface area contributed by atoms with Gasteiger partial charge in [0.05, 0.1) is 5.56 Å². The molecule has 0 spiro atoms. The van der Waals surface area contributed by atoms with Crippen LogP contribution in [0.3, 0.4) is 0 Å². The van der Waals surface area contributed by atoms with Crippen LogP contribution in [0.25, 0.3) is 17.4 Å².